The predicted molar refractivity (Wildman–Crippen MR) is 87.4 cm³/mol. The van der Waals surface area contributed by atoms with Crippen molar-refractivity contribution in [2.75, 3.05) is 7.11 Å². The lowest BCUT2D eigenvalue weighted by molar-refractivity contribution is -0.141. The second-order valence-electron chi connectivity index (χ2n) is 5.40. The van der Waals surface area contributed by atoms with Crippen molar-refractivity contribution in [3.8, 4) is 40.0 Å². The van der Waals surface area contributed by atoms with Crippen molar-refractivity contribution in [3.05, 3.63) is 53.7 Å². The van der Waals surface area contributed by atoms with Crippen LogP contribution in [0.25, 0.3) is 22.4 Å². The molecule has 5 nitrogen and oxygen atoms in total. The molecule has 0 aliphatic heterocycles. The molecule has 0 saturated carbocycles. The van der Waals surface area contributed by atoms with Crippen molar-refractivity contribution in [1.29, 1.82) is 5.26 Å². The van der Waals surface area contributed by atoms with Gasteiger partial charge in [-0.15, -0.1) is 0 Å². The van der Waals surface area contributed by atoms with Gasteiger partial charge in [0.15, 0.2) is 0 Å². The van der Waals surface area contributed by atoms with Crippen LogP contribution in [-0.4, -0.2) is 22.4 Å². The summed E-state index contributed by atoms with van der Waals surface area (Å²) < 4.78 is 43.6. The predicted octanol–water partition coefficient (Wildman–Crippen LogP) is 4.35. The molecule has 2 N–H and O–H groups in total. The summed E-state index contributed by atoms with van der Waals surface area (Å²) in [6.07, 6.45) is -4.57. The van der Waals surface area contributed by atoms with Crippen LogP contribution < -0.4 is 4.74 Å². The second-order valence-corrected chi connectivity index (χ2v) is 5.40. The van der Waals surface area contributed by atoms with Crippen molar-refractivity contribution < 1.29 is 23.0 Å². The standard InChI is InChI=1S/C18H12F3N3O2/c1-26-14-6-5-12(13-8-15(24-23-13)18(19,20)21)17(25)16(14)11-4-2-3-10(7-11)9-22/h2-8,25H,1H3,(H,23,24). The molecule has 8 heteroatoms. The highest BCUT2D eigenvalue weighted by Gasteiger charge is 2.33. The number of aromatic hydroxyl groups is 1. The number of hydrogen-bond acceptors (Lipinski definition) is 4. The molecule has 0 spiro atoms. The van der Waals surface area contributed by atoms with Gasteiger partial charge in [-0.2, -0.15) is 23.5 Å². The minimum atomic E-state index is -4.57. The molecule has 0 fully saturated rings. The number of hydrogen-bond donors (Lipinski definition) is 2. The van der Waals surface area contributed by atoms with Gasteiger partial charge >= 0.3 is 6.18 Å². The Morgan fingerprint density at radius 3 is 2.58 bits per heavy atom. The zero-order valence-corrected chi connectivity index (χ0v) is 13.4. The molecule has 1 aromatic heterocycles. The highest BCUT2D eigenvalue weighted by atomic mass is 19.4. The molecular formula is C18H12F3N3O2. The number of benzene rings is 2. The average molecular weight is 359 g/mol. The van der Waals surface area contributed by atoms with E-state index in [2.05, 4.69) is 5.10 Å². The van der Waals surface area contributed by atoms with Gasteiger partial charge in [0.05, 0.1) is 30.0 Å². The quantitative estimate of drug-likeness (QED) is 0.728. The number of nitrogens with one attached hydrogen (secondary N) is 1. The first-order chi connectivity index (χ1) is 12.3. The lowest BCUT2D eigenvalue weighted by atomic mass is 9.97. The largest absolute Gasteiger partial charge is 0.506 e. The zero-order chi connectivity index (χ0) is 18.9. The maximum atomic E-state index is 12.8. The molecule has 0 unspecified atom stereocenters. The minimum Gasteiger partial charge on any atom is -0.506 e. The van der Waals surface area contributed by atoms with Gasteiger partial charge in [-0.25, -0.2) is 0 Å². The molecule has 1 heterocycles. The van der Waals surface area contributed by atoms with Crippen molar-refractivity contribution in [3.63, 3.8) is 0 Å². The number of ether oxygens (including phenoxy) is 1. The van der Waals surface area contributed by atoms with E-state index in [0.717, 1.165) is 6.07 Å². The van der Waals surface area contributed by atoms with Crippen LogP contribution in [0, 0.1) is 11.3 Å². The number of aromatic amines is 1. The van der Waals surface area contributed by atoms with Crippen molar-refractivity contribution in [1.82, 2.24) is 10.2 Å². The van der Waals surface area contributed by atoms with Crippen LogP contribution in [0.15, 0.2) is 42.5 Å². The summed E-state index contributed by atoms with van der Waals surface area (Å²) in [6.45, 7) is 0. The van der Waals surface area contributed by atoms with Crippen LogP contribution in [-0.2, 0) is 6.18 Å². The number of alkyl halides is 3. The number of nitriles is 1. The lowest BCUT2D eigenvalue weighted by Gasteiger charge is -2.13. The molecule has 3 rings (SSSR count). The van der Waals surface area contributed by atoms with E-state index >= 15 is 0 Å². The summed E-state index contributed by atoms with van der Waals surface area (Å²) >= 11 is 0. The zero-order valence-electron chi connectivity index (χ0n) is 13.4. The van der Waals surface area contributed by atoms with E-state index in [4.69, 9.17) is 10.00 Å². The third-order valence-corrected chi connectivity index (χ3v) is 3.80. The Hall–Kier alpha value is -3.47. The van der Waals surface area contributed by atoms with Crippen LogP contribution in [0.1, 0.15) is 11.3 Å². The Morgan fingerprint density at radius 1 is 1.19 bits per heavy atom. The minimum absolute atomic E-state index is 0.0600. The van der Waals surface area contributed by atoms with E-state index in [-0.39, 0.29) is 22.6 Å². The van der Waals surface area contributed by atoms with Gasteiger partial charge in [-0.05, 0) is 35.9 Å². The van der Waals surface area contributed by atoms with E-state index in [1.807, 2.05) is 11.2 Å². The van der Waals surface area contributed by atoms with Gasteiger partial charge < -0.3 is 9.84 Å². The van der Waals surface area contributed by atoms with Crippen LogP contribution in [0.3, 0.4) is 0 Å². The smallest absolute Gasteiger partial charge is 0.432 e. The molecule has 2 aromatic carbocycles. The molecule has 0 aliphatic carbocycles. The lowest BCUT2D eigenvalue weighted by Crippen LogP contribution is -2.04. The van der Waals surface area contributed by atoms with Crippen LogP contribution >= 0.6 is 0 Å². The molecule has 0 amide bonds. The molecule has 0 aliphatic rings. The molecule has 132 valence electrons. The number of phenols is 1. The Morgan fingerprint density at radius 2 is 1.96 bits per heavy atom. The van der Waals surface area contributed by atoms with Gasteiger partial charge in [-0.3, -0.25) is 5.10 Å². The molecule has 0 saturated heterocycles. The van der Waals surface area contributed by atoms with Crippen LogP contribution in [0.2, 0.25) is 0 Å². The summed E-state index contributed by atoms with van der Waals surface area (Å²) in [4.78, 5) is 0. The third kappa shape index (κ3) is 3.07. The topological polar surface area (TPSA) is 81.9 Å². The molecule has 3 aromatic rings. The van der Waals surface area contributed by atoms with Gasteiger partial charge in [0.25, 0.3) is 0 Å². The SMILES string of the molecule is COc1ccc(-c2cc(C(F)(F)F)[nH]n2)c(O)c1-c1cccc(C#N)c1. The summed E-state index contributed by atoms with van der Waals surface area (Å²) in [5.74, 6) is 0.0209. The maximum absolute atomic E-state index is 12.8. The molecule has 26 heavy (non-hydrogen) atoms. The van der Waals surface area contributed by atoms with E-state index in [1.54, 1.807) is 24.3 Å². The number of phenolic OH excluding ortho intramolecular Hbond substituents is 1. The van der Waals surface area contributed by atoms with Gasteiger partial charge in [0.1, 0.15) is 17.2 Å². The van der Waals surface area contributed by atoms with Gasteiger partial charge in [0, 0.05) is 5.56 Å². The fourth-order valence-corrected chi connectivity index (χ4v) is 2.58. The third-order valence-electron chi connectivity index (χ3n) is 3.80. The molecule has 0 atom stereocenters. The maximum Gasteiger partial charge on any atom is 0.432 e. The number of H-pyrrole nitrogens is 1. The Labute approximate surface area is 146 Å². The summed E-state index contributed by atoms with van der Waals surface area (Å²) in [5.41, 5.74) is 0.153. The normalized spacial score (nSPS) is 11.2. The summed E-state index contributed by atoms with van der Waals surface area (Å²) in [5, 5.41) is 25.3. The van der Waals surface area contributed by atoms with E-state index in [0.29, 0.717) is 16.9 Å². The van der Waals surface area contributed by atoms with Gasteiger partial charge in [-0.1, -0.05) is 12.1 Å². The second kappa shape index (κ2) is 6.44. The monoisotopic (exact) mass is 359 g/mol. The first-order valence-corrected chi connectivity index (χ1v) is 7.38. The van der Waals surface area contributed by atoms with Gasteiger partial charge in [0.2, 0.25) is 0 Å². The van der Waals surface area contributed by atoms with Crippen molar-refractivity contribution in [2.24, 2.45) is 0 Å². The Bertz CT molecular complexity index is 1000. The van der Waals surface area contributed by atoms with Crippen molar-refractivity contribution >= 4 is 0 Å². The van der Waals surface area contributed by atoms with E-state index < -0.39 is 11.9 Å². The highest BCUT2D eigenvalue weighted by Crippen LogP contribution is 2.44. The number of rotatable bonds is 3. The van der Waals surface area contributed by atoms with E-state index in [9.17, 15) is 18.3 Å². The van der Waals surface area contributed by atoms with E-state index in [1.165, 1.54) is 19.2 Å². The molecule has 0 bridgehead atoms. The number of aromatic nitrogens is 2. The number of methoxy groups -OCH3 is 1. The van der Waals surface area contributed by atoms with Crippen LogP contribution in [0.5, 0.6) is 11.5 Å². The number of halogens is 3. The summed E-state index contributed by atoms with van der Waals surface area (Å²) in [6, 6.07) is 12.2. The first kappa shape index (κ1) is 17.4. The fraction of sp³-hybridized carbons (Fsp3) is 0.111. The van der Waals surface area contributed by atoms with Crippen LogP contribution in [0.4, 0.5) is 13.2 Å². The molecule has 0 radical (unpaired) electrons. The Balaban J connectivity index is 2.18. The first-order valence-electron chi connectivity index (χ1n) is 7.38. The molecular weight excluding hydrogens is 347 g/mol. The van der Waals surface area contributed by atoms with Crippen molar-refractivity contribution in [2.45, 2.75) is 6.18 Å². The fourth-order valence-electron chi connectivity index (χ4n) is 2.58. The summed E-state index contributed by atoms with van der Waals surface area (Å²) in [7, 11) is 1.41. The Kier molecular flexibility index (Phi) is 4.30. The average Bonchev–Trinajstić information content (AvgIpc) is 3.11. The highest BCUT2D eigenvalue weighted by molar-refractivity contribution is 5.85. The number of nitrogens with zero attached hydrogens (tertiary/aromatic N) is 2.